The summed E-state index contributed by atoms with van der Waals surface area (Å²) >= 11 is 0. The number of nitrogens with zero attached hydrogens (tertiary/aromatic N) is 2. The molecular formula is C22H35N3O4. The van der Waals surface area contributed by atoms with Crippen molar-refractivity contribution in [2.75, 3.05) is 20.2 Å². The van der Waals surface area contributed by atoms with E-state index in [0.717, 1.165) is 37.8 Å². The minimum Gasteiger partial charge on any atom is -0.394 e. The van der Waals surface area contributed by atoms with Crippen molar-refractivity contribution in [3.63, 3.8) is 0 Å². The molecule has 0 aromatic carbocycles. The summed E-state index contributed by atoms with van der Waals surface area (Å²) in [5.41, 5.74) is -0.991. The number of rotatable bonds is 5. The second-order valence-electron chi connectivity index (χ2n) is 10.3. The standard InChI is InChI=1S/C22H35N3O4/c1-20-8-7-17-15(16(20)4-5-19(20)26)12-18(24-28)22(27)13-14(6-9-21(17,22)2)25-29-11-10-23-3/h15-18,23,27H,4-13H2,1-3H3/t15-,16-,17-,18?,20-,21+,22-/m0/s1. The van der Waals surface area contributed by atoms with Crippen LogP contribution >= 0.6 is 0 Å². The molecule has 0 heterocycles. The van der Waals surface area contributed by atoms with Gasteiger partial charge in [0.05, 0.1) is 5.71 Å². The summed E-state index contributed by atoms with van der Waals surface area (Å²) in [5, 5.41) is 22.6. The maximum absolute atomic E-state index is 12.6. The Kier molecular flexibility index (Phi) is 5.35. The first kappa shape index (κ1) is 20.9. The number of nitrogens with one attached hydrogen (secondary N) is 1. The van der Waals surface area contributed by atoms with Gasteiger partial charge in [0, 0.05) is 30.2 Å². The third-order valence-corrected chi connectivity index (χ3v) is 9.17. The van der Waals surface area contributed by atoms with Crippen molar-refractivity contribution in [3.8, 4) is 0 Å². The summed E-state index contributed by atoms with van der Waals surface area (Å²) in [5.74, 6) is 1.32. The van der Waals surface area contributed by atoms with Gasteiger partial charge in [-0.15, -0.1) is 0 Å². The zero-order valence-corrected chi connectivity index (χ0v) is 17.9. The number of ketones is 1. The van der Waals surface area contributed by atoms with Crippen LogP contribution in [0.4, 0.5) is 0 Å². The van der Waals surface area contributed by atoms with E-state index >= 15 is 0 Å². The maximum Gasteiger partial charge on any atom is 0.139 e. The molecule has 0 radical (unpaired) electrons. The van der Waals surface area contributed by atoms with Crippen LogP contribution in [-0.2, 0) is 9.63 Å². The van der Waals surface area contributed by atoms with E-state index in [1.807, 2.05) is 7.05 Å². The molecule has 1 unspecified atom stereocenters. The highest BCUT2D eigenvalue weighted by Crippen LogP contribution is 2.66. The third kappa shape index (κ3) is 2.99. The molecule has 162 valence electrons. The fraction of sp³-hybridized carbons (Fsp3) is 0.909. The molecule has 0 amide bonds. The quantitative estimate of drug-likeness (QED) is 0.416. The average Bonchev–Trinajstić information content (AvgIpc) is 3.00. The molecule has 0 bridgehead atoms. The molecule has 7 heteroatoms. The lowest BCUT2D eigenvalue weighted by Gasteiger charge is -2.63. The van der Waals surface area contributed by atoms with E-state index < -0.39 is 11.6 Å². The molecule has 0 aromatic rings. The van der Waals surface area contributed by atoms with Crippen molar-refractivity contribution >= 4 is 11.5 Å². The molecule has 4 aliphatic carbocycles. The second-order valence-corrected chi connectivity index (χ2v) is 10.3. The van der Waals surface area contributed by atoms with Gasteiger partial charge >= 0.3 is 0 Å². The van der Waals surface area contributed by atoms with E-state index in [1.165, 1.54) is 0 Å². The number of fused-ring (bicyclic) bond motifs is 5. The fourth-order valence-corrected chi connectivity index (χ4v) is 7.35. The molecule has 0 saturated heterocycles. The van der Waals surface area contributed by atoms with Gasteiger partial charge in [-0.3, -0.25) is 4.79 Å². The fourth-order valence-electron chi connectivity index (χ4n) is 7.35. The lowest BCUT2D eigenvalue weighted by atomic mass is 9.42. The predicted octanol–water partition coefficient (Wildman–Crippen LogP) is 3.05. The normalized spacial score (nSPS) is 48.0. The highest BCUT2D eigenvalue weighted by atomic mass is 16.6. The van der Waals surface area contributed by atoms with Crippen LogP contribution in [0, 0.1) is 33.5 Å². The molecule has 4 saturated carbocycles. The van der Waals surface area contributed by atoms with Crippen LogP contribution in [0.3, 0.4) is 0 Å². The topological polar surface area (TPSA) is 100 Å². The van der Waals surface area contributed by atoms with Gasteiger partial charge in [0.1, 0.15) is 24.0 Å². The predicted molar refractivity (Wildman–Crippen MR) is 110 cm³/mol. The van der Waals surface area contributed by atoms with Crippen molar-refractivity contribution < 1.29 is 14.7 Å². The van der Waals surface area contributed by atoms with Crippen LogP contribution in [0.25, 0.3) is 0 Å². The van der Waals surface area contributed by atoms with Crippen LogP contribution in [-0.4, -0.2) is 48.4 Å². The molecule has 4 fully saturated rings. The van der Waals surface area contributed by atoms with Gasteiger partial charge in [0.2, 0.25) is 0 Å². The number of nitroso groups, excluding NO2 is 1. The summed E-state index contributed by atoms with van der Waals surface area (Å²) in [6.07, 6.45) is 5.91. The lowest BCUT2D eigenvalue weighted by Crippen LogP contribution is -2.67. The number of likely N-dealkylation sites (N-methyl/N-ethyl adjacent to an activating group) is 1. The molecule has 29 heavy (non-hydrogen) atoms. The number of carbonyl (C=O) groups is 1. The molecule has 0 aromatic heterocycles. The Bertz CT molecular complexity index is 712. The first-order valence-electron chi connectivity index (χ1n) is 11.2. The SMILES string of the molecule is CNCCON=C1CC[C@]2(C)[C@H]3CC[C@]4(C)C(=O)CC[C@H]4[C@@H]3CC(N=O)[C@@]2(O)C1. The number of hydrogen-bond donors (Lipinski definition) is 2. The van der Waals surface area contributed by atoms with Crippen LogP contribution in [0.5, 0.6) is 0 Å². The first-order chi connectivity index (χ1) is 13.8. The summed E-state index contributed by atoms with van der Waals surface area (Å²) in [6, 6.07) is -0.658. The van der Waals surface area contributed by atoms with Crippen molar-refractivity contribution in [3.05, 3.63) is 4.91 Å². The number of carbonyl (C=O) groups excluding carboxylic acids is 1. The Balaban J connectivity index is 1.61. The summed E-state index contributed by atoms with van der Waals surface area (Å²) in [7, 11) is 1.86. The number of hydrogen-bond acceptors (Lipinski definition) is 7. The average molecular weight is 406 g/mol. The Morgan fingerprint density at radius 1 is 1.21 bits per heavy atom. The monoisotopic (exact) mass is 405 g/mol. The van der Waals surface area contributed by atoms with Gasteiger partial charge in [0.15, 0.2) is 0 Å². The van der Waals surface area contributed by atoms with Crippen LogP contribution in [0.1, 0.15) is 65.2 Å². The highest BCUT2D eigenvalue weighted by molar-refractivity contribution is 5.87. The minimum atomic E-state index is -1.18. The molecule has 7 nitrogen and oxygen atoms in total. The molecule has 4 rings (SSSR count). The summed E-state index contributed by atoms with van der Waals surface area (Å²) < 4.78 is 0. The van der Waals surface area contributed by atoms with E-state index in [2.05, 4.69) is 29.5 Å². The Labute approximate surface area is 173 Å². The van der Waals surface area contributed by atoms with Gasteiger partial charge in [-0.05, 0) is 63.3 Å². The van der Waals surface area contributed by atoms with Gasteiger partial charge in [0.25, 0.3) is 0 Å². The summed E-state index contributed by atoms with van der Waals surface area (Å²) in [6.45, 7) is 5.47. The molecule has 4 aliphatic rings. The molecule has 7 atom stereocenters. The largest absolute Gasteiger partial charge is 0.394 e. The molecule has 2 N–H and O–H groups in total. The van der Waals surface area contributed by atoms with E-state index in [1.54, 1.807) is 0 Å². The second kappa shape index (κ2) is 7.41. The van der Waals surface area contributed by atoms with Crippen molar-refractivity contribution in [1.29, 1.82) is 0 Å². The van der Waals surface area contributed by atoms with E-state index in [4.69, 9.17) is 4.84 Å². The first-order valence-corrected chi connectivity index (χ1v) is 11.2. The Morgan fingerprint density at radius 2 is 2.00 bits per heavy atom. The zero-order chi connectivity index (χ0) is 20.9. The highest BCUT2D eigenvalue weighted by Gasteiger charge is 2.68. The van der Waals surface area contributed by atoms with Gasteiger partial charge < -0.3 is 15.3 Å². The minimum absolute atomic E-state index is 0.247. The lowest BCUT2D eigenvalue weighted by molar-refractivity contribution is -0.197. The van der Waals surface area contributed by atoms with E-state index in [9.17, 15) is 14.8 Å². The number of Topliss-reactive ketones (excluding diaryl/α,β-unsaturated/α-hetero) is 1. The summed E-state index contributed by atoms with van der Waals surface area (Å²) in [4.78, 5) is 29.9. The van der Waals surface area contributed by atoms with Crippen LogP contribution in [0.15, 0.2) is 10.3 Å². The van der Waals surface area contributed by atoms with Crippen molar-refractivity contribution in [2.45, 2.75) is 76.9 Å². The van der Waals surface area contributed by atoms with Crippen LogP contribution < -0.4 is 5.32 Å². The molecular weight excluding hydrogens is 370 g/mol. The Hall–Kier alpha value is -1.34. The molecule has 0 spiro atoms. The van der Waals surface area contributed by atoms with Crippen molar-refractivity contribution in [2.24, 2.45) is 38.9 Å². The van der Waals surface area contributed by atoms with Gasteiger partial charge in [-0.1, -0.05) is 24.2 Å². The maximum atomic E-state index is 12.6. The Morgan fingerprint density at radius 3 is 2.72 bits per heavy atom. The third-order valence-electron chi connectivity index (χ3n) is 9.17. The number of oxime groups is 1. The van der Waals surface area contributed by atoms with E-state index in [-0.39, 0.29) is 10.8 Å². The van der Waals surface area contributed by atoms with Gasteiger partial charge in [-0.25, -0.2) is 0 Å². The smallest absolute Gasteiger partial charge is 0.139 e. The van der Waals surface area contributed by atoms with E-state index in [0.29, 0.717) is 56.0 Å². The zero-order valence-electron chi connectivity index (χ0n) is 17.9. The van der Waals surface area contributed by atoms with Crippen molar-refractivity contribution in [1.82, 2.24) is 5.32 Å². The number of aliphatic hydroxyl groups is 1. The van der Waals surface area contributed by atoms with Crippen LogP contribution in [0.2, 0.25) is 0 Å². The molecule has 0 aliphatic heterocycles. The van der Waals surface area contributed by atoms with Gasteiger partial charge in [-0.2, -0.15) is 4.91 Å².